The standard InChI is InChI=1S/C12H12FN3O4/c13-7-2-1-3-8(10(7)11(18)19)16-12(20)15-6-4-9(17)14-5-6/h1-3,6H,4-5H2,(H,14,17)(H,18,19)(H2,15,16,20). The number of hydrogen-bond donors (Lipinski definition) is 4. The Morgan fingerprint density at radius 3 is 2.75 bits per heavy atom. The van der Waals surface area contributed by atoms with E-state index in [1.54, 1.807) is 0 Å². The van der Waals surface area contributed by atoms with Gasteiger partial charge in [0.05, 0.1) is 11.7 Å². The Morgan fingerprint density at radius 1 is 1.40 bits per heavy atom. The van der Waals surface area contributed by atoms with Gasteiger partial charge in [-0.15, -0.1) is 0 Å². The molecule has 1 fully saturated rings. The van der Waals surface area contributed by atoms with Crippen molar-refractivity contribution in [2.45, 2.75) is 12.5 Å². The van der Waals surface area contributed by atoms with Crippen molar-refractivity contribution in [1.82, 2.24) is 10.6 Å². The van der Waals surface area contributed by atoms with Crippen LogP contribution in [0.4, 0.5) is 14.9 Å². The lowest BCUT2D eigenvalue weighted by Gasteiger charge is -2.13. The Bertz CT molecular complexity index is 576. The van der Waals surface area contributed by atoms with E-state index in [4.69, 9.17) is 5.11 Å². The van der Waals surface area contributed by atoms with Crippen LogP contribution in [0.15, 0.2) is 18.2 Å². The molecule has 4 N–H and O–H groups in total. The van der Waals surface area contributed by atoms with Crippen LogP contribution in [0.2, 0.25) is 0 Å². The van der Waals surface area contributed by atoms with Gasteiger partial charge in [-0.25, -0.2) is 14.0 Å². The molecule has 1 aromatic carbocycles. The SMILES string of the molecule is O=C1CC(NC(=O)Nc2cccc(F)c2C(=O)O)CN1. The highest BCUT2D eigenvalue weighted by Crippen LogP contribution is 2.18. The van der Waals surface area contributed by atoms with Gasteiger partial charge >= 0.3 is 12.0 Å². The molecule has 0 radical (unpaired) electrons. The minimum Gasteiger partial charge on any atom is -0.478 e. The van der Waals surface area contributed by atoms with Gasteiger partial charge in [0.2, 0.25) is 5.91 Å². The van der Waals surface area contributed by atoms with Crippen LogP contribution in [0, 0.1) is 5.82 Å². The number of benzene rings is 1. The summed E-state index contributed by atoms with van der Waals surface area (Å²) < 4.78 is 13.4. The first-order valence-corrected chi connectivity index (χ1v) is 5.83. The summed E-state index contributed by atoms with van der Waals surface area (Å²) in [5, 5.41) is 16.2. The Morgan fingerprint density at radius 2 is 2.15 bits per heavy atom. The smallest absolute Gasteiger partial charge is 0.340 e. The summed E-state index contributed by atoms with van der Waals surface area (Å²) in [7, 11) is 0. The molecule has 0 bridgehead atoms. The van der Waals surface area contributed by atoms with E-state index in [1.165, 1.54) is 12.1 Å². The first-order valence-electron chi connectivity index (χ1n) is 5.83. The highest BCUT2D eigenvalue weighted by molar-refractivity contribution is 6.00. The van der Waals surface area contributed by atoms with Crippen molar-refractivity contribution in [3.05, 3.63) is 29.6 Å². The zero-order chi connectivity index (χ0) is 14.7. The van der Waals surface area contributed by atoms with E-state index in [2.05, 4.69) is 16.0 Å². The van der Waals surface area contributed by atoms with Gasteiger partial charge in [0.15, 0.2) is 0 Å². The van der Waals surface area contributed by atoms with Crippen molar-refractivity contribution in [2.75, 3.05) is 11.9 Å². The van der Waals surface area contributed by atoms with Crippen molar-refractivity contribution < 1.29 is 23.9 Å². The van der Waals surface area contributed by atoms with Crippen LogP contribution < -0.4 is 16.0 Å². The summed E-state index contributed by atoms with van der Waals surface area (Å²) in [6.07, 6.45) is 0.155. The second-order valence-electron chi connectivity index (χ2n) is 4.27. The molecule has 1 aromatic rings. The lowest BCUT2D eigenvalue weighted by molar-refractivity contribution is -0.119. The summed E-state index contributed by atoms with van der Waals surface area (Å²) in [6.45, 7) is 0.307. The number of aromatic carboxylic acids is 1. The number of anilines is 1. The average Bonchev–Trinajstić information content (AvgIpc) is 2.74. The fourth-order valence-electron chi connectivity index (χ4n) is 1.90. The van der Waals surface area contributed by atoms with Crippen LogP contribution in [0.1, 0.15) is 16.8 Å². The molecule has 1 saturated heterocycles. The largest absolute Gasteiger partial charge is 0.478 e. The van der Waals surface area contributed by atoms with Crippen LogP contribution in [-0.2, 0) is 4.79 Å². The second kappa shape index (κ2) is 5.55. The van der Waals surface area contributed by atoms with Gasteiger partial charge in [-0.05, 0) is 12.1 Å². The molecular formula is C12H12FN3O4. The van der Waals surface area contributed by atoms with Crippen LogP contribution >= 0.6 is 0 Å². The molecule has 7 nitrogen and oxygen atoms in total. The quantitative estimate of drug-likeness (QED) is 0.648. The lowest BCUT2D eigenvalue weighted by atomic mass is 10.1. The number of urea groups is 1. The maximum atomic E-state index is 13.4. The predicted octanol–water partition coefficient (Wildman–Crippen LogP) is 0.534. The van der Waals surface area contributed by atoms with Crippen LogP contribution in [0.3, 0.4) is 0 Å². The number of hydrogen-bond acceptors (Lipinski definition) is 3. The van der Waals surface area contributed by atoms with Gasteiger partial charge < -0.3 is 21.1 Å². The topological polar surface area (TPSA) is 108 Å². The number of halogens is 1. The molecule has 0 spiro atoms. The molecule has 106 valence electrons. The molecule has 1 aliphatic heterocycles. The monoisotopic (exact) mass is 281 g/mol. The maximum absolute atomic E-state index is 13.4. The van der Waals surface area contributed by atoms with Crippen LogP contribution in [0.25, 0.3) is 0 Å². The molecule has 0 aliphatic carbocycles. The zero-order valence-electron chi connectivity index (χ0n) is 10.3. The van der Waals surface area contributed by atoms with E-state index >= 15 is 0 Å². The fraction of sp³-hybridized carbons (Fsp3) is 0.250. The number of nitrogens with one attached hydrogen (secondary N) is 3. The number of carbonyl (C=O) groups is 3. The van der Waals surface area contributed by atoms with Gasteiger partial charge in [-0.2, -0.15) is 0 Å². The Balaban J connectivity index is 2.06. The number of rotatable bonds is 3. The fourth-order valence-corrected chi connectivity index (χ4v) is 1.90. The van der Waals surface area contributed by atoms with E-state index < -0.39 is 23.4 Å². The molecule has 1 unspecified atom stereocenters. The van der Waals surface area contributed by atoms with Crippen molar-refractivity contribution in [1.29, 1.82) is 0 Å². The summed E-state index contributed by atoms with van der Waals surface area (Å²) in [5.41, 5.74) is -0.754. The molecule has 1 atom stereocenters. The molecule has 20 heavy (non-hydrogen) atoms. The van der Waals surface area contributed by atoms with Gasteiger partial charge in [-0.1, -0.05) is 6.07 Å². The highest BCUT2D eigenvalue weighted by Gasteiger charge is 2.24. The molecule has 3 amide bonds. The predicted molar refractivity (Wildman–Crippen MR) is 66.9 cm³/mol. The van der Waals surface area contributed by atoms with Gasteiger partial charge in [-0.3, -0.25) is 4.79 Å². The molecule has 0 saturated carbocycles. The molecule has 8 heteroatoms. The summed E-state index contributed by atoms with van der Waals surface area (Å²) in [4.78, 5) is 33.6. The number of carboxylic acid groups (broad SMARTS) is 1. The Hall–Kier alpha value is -2.64. The minimum absolute atomic E-state index is 0.146. The van der Waals surface area contributed by atoms with E-state index in [-0.39, 0.29) is 24.1 Å². The lowest BCUT2D eigenvalue weighted by Crippen LogP contribution is -2.39. The van der Waals surface area contributed by atoms with Crippen molar-refractivity contribution in [3.63, 3.8) is 0 Å². The van der Waals surface area contributed by atoms with Crippen LogP contribution in [0.5, 0.6) is 0 Å². The second-order valence-corrected chi connectivity index (χ2v) is 4.27. The van der Waals surface area contributed by atoms with Crippen molar-refractivity contribution >= 4 is 23.6 Å². The van der Waals surface area contributed by atoms with E-state index in [1.807, 2.05) is 0 Å². The van der Waals surface area contributed by atoms with Gasteiger partial charge in [0.25, 0.3) is 0 Å². The molecule has 2 rings (SSSR count). The van der Waals surface area contributed by atoms with E-state index in [9.17, 15) is 18.8 Å². The molecule has 1 heterocycles. The van der Waals surface area contributed by atoms with Crippen molar-refractivity contribution in [2.24, 2.45) is 0 Å². The van der Waals surface area contributed by atoms with E-state index in [0.29, 0.717) is 6.54 Å². The zero-order valence-corrected chi connectivity index (χ0v) is 10.3. The van der Waals surface area contributed by atoms with E-state index in [0.717, 1.165) is 6.07 Å². The number of carboxylic acids is 1. The maximum Gasteiger partial charge on any atom is 0.340 e. The third-order valence-electron chi connectivity index (χ3n) is 2.79. The minimum atomic E-state index is -1.48. The first kappa shape index (κ1) is 13.8. The van der Waals surface area contributed by atoms with Gasteiger partial charge in [0.1, 0.15) is 11.4 Å². The molecule has 1 aliphatic rings. The summed E-state index contributed by atoms with van der Waals surface area (Å²) >= 11 is 0. The summed E-state index contributed by atoms with van der Waals surface area (Å²) in [6, 6.07) is 2.50. The molecule has 0 aromatic heterocycles. The first-order chi connectivity index (χ1) is 9.47. The van der Waals surface area contributed by atoms with Crippen LogP contribution in [-0.4, -0.2) is 35.6 Å². The number of amides is 3. The Kier molecular flexibility index (Phi) is 3.83. The average molecular weight is 281 g/mol. The normalized spacial score (nSPS) is 17.4. The third kappa shape index (κ3) is 3.02. The Labute approximate surface area is 113 Å². The highest BCUT2D eigenvalue weighted by atomic mass is 19.1. The third-order valence-corrected chi connectivity index (χ3v) is 2.79. The number of carbonyl (C=O) groups excluding carboxylic acids is 2. The summed E-state index contributed by atoms with van der Waals surface area (Å²) in [5.74, 6) is -2.59. The van der Waals surface area contributed by atoms with Crippen molar-refractivity contribution in [3.8, 4) is 0 Å². The molecular weight excluding hydrogens is 269 g/mol. The van der Waals surface area contributed by atoms with Gasteiger partial charge in [0, 0.05) is 13.0 Å².